The Morgan fingerprint density at radius 2 is 1.40 bits per heavy atom. The first-order valence-electron chi connectivity index (χ1n) is 22.3. The lowest BCUT2D eigenvalue weighted by atomic mass is 9.92. The summed E-state index contributed by atoms with van der Waals surface area (Å²) in [4.78, 5) is 117. The molecule has 18 N–H and O–H groups in total. The normalized spacial score (nSPS) is 18.0. The average molecular weight is 941 g/mol. The van der Waals surface area contributed by atoms with Gasteiger partial charge in [0.05, 0.1) is 25.2 Å². The zero-order valence-corrected chi connectivity index (χ0v) is 38.4. The number of guanidine groups is 1. The summed E-state index contributed by atoms with van der Waals surface area (Å²) in [5.41, 5.74) is 23.5. The van der Waals surface area contributed by atoms with E-state index in [9.17, 15) is 43.2 Å². The van der Waals surface area contributed by atoms with E-state index in [-0.39, 0.29) is 81.0 Å². The van der Waals surface area contributed by atoms with E-state index in [0.29, 0.717) is 50.4 Å². The molecule has 2 saturated heterocycles. The highest BCUT2D eigenvalue weighted by atomic mass is 32.2. The van der Waals surface area contributed by atoms with Crippen LogP contribution in [0.5, 0.6) is 0 Å². The predicted octanol–water partition coefficient (Wildman–Crippen LogP) is -3.09. The van der Waals surface area contributed by atoms with Gasteiger partial charge in [-0.15, -0.1) is 0 Å². The van der Waals surface area contributed by atoms with E-state index in [1.807, 2.05) is 25.6 Å². The van der Waals surface area contributed by atoms with Crippen molar-refractivity contribution in [3.8, 4) is 0 Å². The van der Waals surface area contributed by atoms with Crippen molar-refractivity contribution in [1.82, 2.24) is 48.0 Å². The van der Waals surface area contributed by atoms with Crippen LogP contribution in [0.2, 0.25) is 0 Å². The van der Waals surface area contributed by atoms with E-state index < -0.39 is 78.5 Å². The predicted molar refractivity (Wildman–Crippen MR) is 242 cm³/mol. The van der Waals surface area contributed by atoms with Gasteiger partial charge in [0.1, 0.15) is 18.1 Å². The van der Waals surface area contributed by atoms with Gasteiger partial charge in [-0.2, -0.15) is 11.8 Å². The Bertz CT molecular complexity index is 1640. The van der Waals surface area contributed by atoms with E-state index >= 15 is 0 Å². The van der Waals surface area contributed by atoms with Crippen LogP contribution in [-0.4, -0.2) is 138 Å². The van der Waals surface area contributed by atoms with Gasteiger partial charge in [0.15, 0.2) is 5.96 Å². The first kappa shape index (κ1) is 55.7. The minimum atomic E-state index is -1.18. The number of nitrogens with one attached hydrogen (secondary N) is 9. The second-order valence-electron chi connectivity index (χ2n) is 16.7. The molecule has 24 nitrogen and oxygen atoms in total. The second kappa shape index (κ2) is 30.7. The molecule has 10 amide bonds. The average Bonchev–Trinajstić information content (AvgIpc) is 3.81. The number of urea groups is 1. The third-order valence-corrected chi connectivity index (χ3v) is 12.2. The minimum Gasteiger partial charge on any atom is -0.370 e. The Morgan fingerprint density at radius 3 is 2.08 bits per heavy atom. The number of thioether (sulfide) groups is 1. The number of amides is 10. The van der Waals surface area contributed by atoms with Crippen molar-refractivity contribution in [2.75, 3.05) is 38.5 Å². The van der Waals surface area contributed by atoms with E-state index in [4.69, 9.17) is 28.1 Å². The summed E-state index contributed by atoms with van der Waals surface area (Å²) in [6, 6.07) is -3.19. The van der Waals surface area contributed by atoms with Crippen LogP contribution in [0.1, 0.15) is 104 Å². The Hall–Kier alpha value is -5.43. The van der Waals surface area contributed by atoms with Crippen LogP contribution in [0.4, 0.5) is 4.79 Å². The molecule has 368 valence electrons. The molecule has 7 atom stereocenters. The van der Waals surface area contributed by atoms with E-state index in [1.165, 1.54) is 5.48 Å². The third-order valence-electron chi connectivity index (χ3n) is 10.7. The maximum absolute atomic E-state index is 13.6. The molecule has 25 heteroatoms. The maximum atomic E-state index is 13.6. The molecule has 2 rings (SSSR count). The molecule has 1 unspecified atom stereocenters. The molecule has 2 fully saturated rings. The minimum absolute atomic E-state index is 0.00979. The number of primary amides is 1. The summed E-state index contributed by atoms with van der Waals surface area (Å²) in [5, 5.41) is 30.7. The van der Waals surface area contributed by atoms with Gasteiger partial charge in [-0.05, 0) is 83.1 Å². The highest BCUT2D eigenvalue weighted by Crippen LogP contribution is 2.33. The van der Waals surface area contributed by atoms with E-state index in [0.717, 1.165) is 25.0 Å². The highest BCUT2D eigenvalue weighted by Gasteiger charge is 2.42. The smallest absolute Gasteiger partial charge is 0.315 e. The number of hydrogen-bond donors (Lipinski definition) is 14. The number of hydrogen-bond acceptors (Lipinski definition) is 13. The zero-order chi connectivity index (χ0) is 48.3. The van der Waals surface area contributed by atoms with Crippen LogP contribution < -0.4 is 70.9 Å². The molecule has 0 spiro atoms. The van der Waals surface area contributed by atoms with Crippen LogP contribution in [0.3, 0.4) is 0 Å². The van der Waals surface area contributed by atoms with Crippen molar-refractivity contribution in [3.05, 3.63) is 0 Å². The first-order chi connectivity index (χ1) is 30.9. The number of hydroxylamine groups is 1. The number of aliphatic imine (C=N–C) groups is 1. The van der Waals surface area contributed by atoms with Crippen molar-refractivity contribution in [3.63, 3.8) is 0 Å². The quantitative estimate of drug-likeness (QED) is 0.00775. The van der Waals surface area contributed by atoms with Crippen LogP contribution in [0, 0.1) is 11.8 Å². The third kappa shape index (κ3) is 22.8. The lowest BCUT2D eigenvalue weighted by Crippen LogP contribution is -2.55. The molecular weight excluding hydrogens is 869 g/mol. The van der Waals surface area contributed by atoms with Gasteiger partial charge in [0.2, 0.25) is 47.3 Å². The fourth-order valence-corrected chi connectivity index (χ4v) is 8.89. The SMILES string of the molecule is CC(C)CC(CC(=O)NO)C(=O)N[C@@H](CCCN=C(N)N)C(=O)N[C@@H](CCCCN)C(=O)NCC(=O)NCC(=O)N[C@@H](CCCCNC(=O)CCCC[C@@H]1SC[C@@H]2NC(=O)N[C@@H]21)C(N)=O. The van der Waals surface area contributed by atoms with Gasteiger partial charge in [-0.25, -0.2) is 10.3 Å². The van der Waals surface area contributed by atoms with Gasteiger partial charge >= 0.3 is 6.03 Å². The lowest BCUT2D eigenvalue weighted by Gasteiger charge is -2.25. The summed E-state index contributed by atoms with van der Waals surface area (Å²) in [7, 11) is 0. The summed E-state index contributed by atoms with van der Waals surface area (Å²) in [5.74, 6) is -5.32. The van der Waals surface area contributed by atoms with Crippen LogP contribution in [0.15, 0.2) is 4.99 Å². The highest BCUT2D eigenvalue weighted by molar-refractivity contribution is 8.00. The summed E-state index contributed by atoms with van der Waals surface area (Å²) < 4.78 is 0. The molecule has 0 aromatic rings. The molecule has 0 aliphatic carbocycles. The number of nitrogens with zero attached hydrogens (tertiary/aromatic N) is 1. The molecule has 0 radical (unpaired) electrons. The maximum Gasteiger partial charge on any atom is 0.315 e. The molecule has 2 aliphatic heterocycles. The van der Waals surface area contributed by atoms with Crippen molar-refractivity contribution < 1.29 is 48.4 Å². The van der Waals surface area contributed by atoms with Gasteiger partial charge in [-0.1, -0.05) is 20.3 Å². The largest absolute Gasteiger partial charge is 0.370 e. The Morgan fingerprint density at radius 1 is 0.738 bits per heavy atom. The second-order valence-corrected chi connectivity index (χ2v) is 17.9. The summed E-state index contributed by atoms with van der Waals surface area (Å²) in [6.07, 6.45) is 5.38. The topological polar surface area (TPSA) is 399 Å². The van der Waals surface area contributed by atoms with E-state index in [2.05, 4.69) is 47.5 Å². The molecular formula is C40H72N14O10S. The molecule has 0 saturated carbocycles. The number of nitrogens with two attached hydrogens (primary N) is 4. The van der Waals surface area contributed by atoms with Crippen molar-refractivity contribution in [2.24, 2.45) is 39.8 Å². The Balaban J connectivity index is 1.82. The number of carbonyl (C=O) groups is 9. The van der Waals surface area contributed by atoms with Crippen molar-refractivity contribution >= 4 is 71.0 Å². The fraction of sp³-hybridized carbons (Fsp3) is 0.750. The Kier molecular flexibility index (Phi) is 26.3. The van der Waals surface area contributed by atoms with Crippen molar-refractivity contribution in [1.29, 1.82) is 0 Å². The van der Waals surface area contributed by atoms with Gasteiger partial charge in [0, 0.05) is 42.9 Å². The zero-order valence-electron chi connectivity index (χ0n) is 37.5. The fourth-order valence-electron chi connectivity index (χ4n) is 7.34. The van der Waals surface area contributed by atoms with Crippen LogP contribution in [-0.2, 0) is 38.4 Å². The van der Waals surface area contributed by atoms with Gasteiger partial charge in [0.25, 0.3) is 0 Å². The molecule has 2 heterocycles. The van der Waals surface area contributed by atoms with Gasteiger partial charge in [-0.3, -0.25) is 48.6 Å². The summed E-state index contributed by atoms with van der Waals surface area (Å²) >= 11 is 1.83. The summed E-state index contributed by atoms with van der Waals surface area (Å²) in [6.45, 7) is 3.41. The lowest BCUT2D eigenvalue weighted by molar-refractivity contribution is -0.137. The standard InChI is InChI=1S/C40H72N14O10S/c1-23(2)18-24(19-31(56)54-64)36(60)50-27(12-9-17-46-39(43)44)38(62)51-26(11-5-7-15-41)37(61)48-20-32(57)47-21-33(58)49-25(35(42)59)10-6-8-16-45-30(55)14-4-3-13-29-34-28(22-65-29)52-40(63)53-34/h23-29,34,64H,3-22,41H2,1-2H3,(H2,42,59)(H,45,55)(H,47,57)(H,48,61)(H,49,58)(H,50,60)(H,51,62)(H,54,56)(H4,43,44,46)(H2,52,53,63)/t24?,25-,26-,27-,28-,29-,34-/m0/s1. The molecule has 2 aliphatic rings. The van der Waals surface area contributed by atoms with Crippen molar-refractivity contribution in [2.45, 2.75) is 139 Å². The molecule has 65 heavy (non-hydrogen) atoms. The number of unbranched alkanes of at least 4 members (excludes halogenated alkanes) is 3. The molecule has 0 bridgehead atoms. The molecule has 0 aromatic heterocycles. The monoisotopic (exact) mass is 941 g/mol. The van der Waals surface area contributed by atoms with Crippen LogP contribution >= 0.6 is 11.8 Å². The van der Waals surface area contributed by atoms with Crippen LogP contribution in [0.25, 0.3) is 0 Å². The Labute approximate surface area is 383 Å². The first-order valence-corrected chi connectivity index (χ1v) is 23.4. The molecule has 0 aromatic carbocycles. The number of carbonyl (C=O) groups excluding carboxylic acids is 9. The van der Waals surface area contributed by atoms with E-state index in [1.54, 1.807) is 0 Å². The number of rotatable bonds is 33. The van der Waals surface area contributed by atoms with Gasteiger partial charge < -0.3 is 65.5 Å². The number of fused-ring (bicyclic) bond motifs is 1.